The molecule has 1 heterocycles. The van der Waals surface area contributed by atoms with Crippen LogP contribution in [0.4, 0.5) is 0 Å². The molecular formula is C8H15N3O3. The number of carbonyl (C=O) groups is 2. The Bertz CT molecular complexity index is 232. The largest absolute Gasteiger partial charge is 0.368 e. The van der Waals surface area contributed by atoms with Crippen molar-refractivity contribution in [3.8, 4) is 0 Å². The second-order valence-corrected chi connectivity index (χ2v) is 3.17. The molecule has 0 aromatic rings. The Morgan fingerprint density at radius 3 is 2.79 bits per heavy atom. The number of likely N-dealkylation sites (tertiary alicyclic amines) is 1. The highest BCUT2D eigenvalue weighted by Gasteiger charge is 2.28. The molecule has 6 nitrogen and oxygen atoms in total. The summed E-state index contributed by atoms with van der Waals surface area (Å²) in [5.41, 5.74) is 10.2. The monoisotopic (exact) mass is 201 g/mol. The molecule has 14 heavy (non-hydrogen) atoms. The molecule has 0 saturated carbocycles. The summed E-state index contributed by atoms with van der Waals surface area (Å²) in [6.07, 6.45) is 1.27. The Kier molecular flexibility index (Phi) is 3.84. The lowest BCUT2D eigenvalue weighted by atomic mass is 10.4. The van der Waals surface area contributed by atoms with Gasteiger partial charge < -0.3 is 21.1 Å². The zero-order chi connectivity index (χ0) is 10.6. The van der Waals surface area contributed by atoms with Crippen LogP contribution in [0.25, 0.3) is 0 Å². The van der Waals surface area contributed by atoms with E-state index in [-0.39, 0.29) is 25.3 Å². The van der Waals surface area contributed by atoms with Crippen molar-refractivity contribution in [1.29, 1.82) is 0 Å². The molecule has 6 heteroatoms. The fourth-order valence-electron chi connectivity index (χ4n) is 1.49. The van der Waals surface area contributed by atoms with Gasteiger partial charge in [-0.1, -0.05) is 0 Å². The quantitative estimate of drug-likeness (QED) is 0.572. The molecular weight excluding hydrogens is 186 g/mol. The van der Waals surface area contributed by atoms with Gasteiger partial charge in [0.2, 0.25) is 11.8 Å². The van der Waals surface area contributed by atoms with E-state index >= 15 is 0 Å². The van der Waals surface area contributed by atoms with Crippen LogP contribution in [-0.2, 0) is 14.3 Å². The van der Waals surface area contributed by atoms with Crippen molar-refractivity contribution >= 4 is 11.8 Å². The van der Waals surface area contributed by atoms with E-state index in [2.05, 4.69) is 0 Å². The number of rotatable bonds is 4. The number of amides is 2. The third-order valence-corrected chi connectivity index (χ3v) is 2.11. The van der Waals surface area contributed by atoms with E-state index in [1.807, 2.05) is 0 Å². The summed E-state index contributed by atoms with van der Waals surface area (Å²) in [7, 11) is 0. The Labute approximate surface area is 82.2 Å². The molecule has 1 atom stereocenters. The van der Waals surface area contributed by atoms with Gasteiger partial charge in [0.1, 0.15) is 12.8 Å². The fraction of sp³-hybridized carbons (Fsp3) is 0.750. The van der Waals surface area contributed by atoms with Crippen LogP contribution in [0, 0.1) is 0 Å². The molecule has 0 aromatic heterocycles. The summed E-state index contributed by atoms with van der Waals surface area (Å²) in [6, 6.07) is 0. The predicted molar refractivity (Wildman–Crippen MR) is 48.9 cm³/mol. The van der Waals surface area contributed by atoms with Crippen LogP contribution in [0.1, 0.15) is 12.8 Å². The maximum absolute atomic E-state index is 11.3. The fourth-order valence-corrected chi connectivity index (χ4v) is 1.49. The van der Waals surface area contributed by atoms with Gasteiger partial charge in [0.15, 0.2) is 0 Å². The molecule has 1 fully saturated rings. The first-order valence-electron chi connectivity index (χ1n) is 4.54. The maximum Gasteiger partial charge on any atom is 0.243 e. The van der Waals surface area contributed by atoms with Crippen LogP contribution in [0.15, 0.2) is 0 Å². The molecule has 4 N–H and O–H groups in total. The summed E-state index contributed by atoms with van der Waals surface area (Å²) in [4.78, 5) is 23.3. The predicted octanol–water partition coefficient (Wildman–Crippen LogP) is -1.60. The Balaban J connectivity index is 2.42. The average Bonchev–Trinajstić information content (AvgIpc) is 2.61. The molecule has 80 valence electrons. The average molecular weight is 201 g/mol. The van der Waals surface area contributed by atoms with Crippen LogP contribution in [-0.4, -0.2) is 42.6 Å². The summed E-state index contributed by atoms with van der Waals surface area (Å²) in [6.45, 7) is 0.453. The summed E-state index contributed by atoms with van der Waals surface area (Å²) in [5.74, 6) is -0.686. The summed E-state index contributed by atoms with van der Waals surface area (Å²) >= 11 is 0. The van der Waals surface area contributed by atoms with E-state index in [1.54, 1.807) is 4.90 Å². The molecule has 1 saturated heterocycles. The molecule has 0 radical (unpaired) electrons. The zero-order valence-corrected chi connectivity index (χ0v) is 7.94. The van der Waals surface area contributed by atoms with Gasteiger partial charge in [-0.2, -0.15) is 0 Å². The van der Waals surface area contributed by atoms with E-state index in [1.165, 1.54) is 0 Å². The lowest BCUT2D eigenvalue weighted by Gasteiger charge is -2.23. The van der Waals surface area contributed by atoms with Crippen LogP contribution >= 0.6 is 0 Å². The second kappa shape index (κ2) is 4.92. The minimum atomic E-state index is -0.531. The number of nitrogens with two attached hydrogens (primary N) is 2. The van der Waals surface area contributed by atoms with Crippen LogP contribution in [0.5, 0.6) is 0 Å². The van der Waals surface area contributed by atoms with Crippen molar-refractivity contribution in [1.82, 2.24) is 4.90 Å². The van der Waals surface area contributed by atoms with Crippen molar-refractivity contribution in [3.63, 3.8) is 0 Å². The molecule has 1 aliphatic heterocycles. The van der Waals surface area contributed by atoms with Gasteiger partial charge in [-0.05, 0) is 12.8 Å². The van der Waals surface area contributed by atoms with Gasteiger partial charge in [-0.15, -0.1) is 0 Å². The van der Waals surface area contributed by atoms with Crippen LogP contribution in [0.3, 0.4) is 0 Å². The van der Waals surface area contributed by atoms with Gasteiger partial charge in [0, 0.05) is 6.54 Å². The lowest BCUT2D eigenvalue weighted by Crippen LogP contribution is -2.41. The van der Waals surface area contributed by atoms with Gasteiger partial charge in [0.05, 0.1) is 6.54 Å². The normalized spacial score (nSPS) is 21.2. The van der Waals surface area contributed by atoms with Crippen LogP contribution in [0.2, 0.25) is 0 Å². The highest BCUT2D eigenvalue weighted by molar-refractivity contribution is 5.78. The third-order valence-electron chi connectivity index (χ3n) is 2.11. The number of nitrogens with zero attached hydrogens (tertiary/aromatic N) is 1. The Morgan fingerprint density at radius 1 is 1.50 bits per heavy atom. The minimum absolute atomic E-state index is 0.0313. The standard InChI is InChI=1S/C8H15N3O3/c9-4-7(13)11-3-1-2-8(11)14-5-6(10)12/h8H,1-5,9H2,(H2,10,12). The second-order valence-electron chi connectivity index (χ2n) is 3.17. The minimum Gasteiger partial charge on any atom is -0.368 e. The van der Waals surface area contributed by atoms with E-state index in [0.717, 1.165) is 12.8 Å². The number of ether oxygens (including phenoxy) is 1. The summed E-state index contributed by atoms with van der Waals surface area (Å²) < 4.78 is 5.17. The first kappa shape index (κ1) is 10.9. The van der Waals surface area contributed by atoms with Crippen molar-refractivity contribution in [2.75, 3.05) is 19.7 Å². The number of hydrogen-bond acceptors (Lipinski definition) is 4. The van der Waals surface area contributed by atoms with E-state index < -0.39 is 5.91 Å². The Morgan fingerprint density at radius 2 is 2.21 bits per heavy atom. The van der Waals surface area contributed by atoms with Gasteiger partial charge in [0.25, 0.3) is 0 Å². The van der Waals surface area contributed by atoms with Crippen molar-refractivity contribution in [3.05, 3.63) is 0 Å². The van der Waals surface area contributed by atoms with E-state index in [4.69, 9.17) is 16.2 Å². The molecule has 2 amide bonds. The van der Waals surface area contributed by atoms with Gasteiger partial charge in [-0.3, -0.25) is 9.59 Å². The lowest BCUT2D eigenvalue weighted by molar-refractivity contribution is -0.144. The maximum atomic E-state index is 11.3. The highest BCUT2D eigenvalue weighted by Crippen LogP contribution is 2.17. The van der Waals surface area contributed by atoms with Crippen molar-refractivity contribution in [2.24, 2.45) is 11.5 Å². The number of hydrogen-bond donors (Lipinski definition) is 2. The molecule has 0 bridgehead atoms. The molecule has 0 aromatic carbocycles. The first-order chi connectivity index (χ1) is 6.65. The first-order valence-corrected chi connectivity index (χ1v) is 4.54. The molecule has 1 aliphatic rings. The van der Waals surface area contributed by atoms with E-state index in [9.17, 15) is 9.59 Å². The topological polar surface area (TPSA) is 98.7 Å². The van der Waals surface area contributed by atoms with Gasteiger partial charge >= 0.3 is 0 Å². The third kappa shape index (κ3) is 2.68. The zero-order valence-electron chi connectivity index (χ0n) is 7.94. The summed E-state index contributed by atoms with van der Waals surface area (Å²) in [5, 5.41) is 0. The van der Waals surface area contributed by atoms with Gasteiger partial charge in [-0.25, -0.2) is 0 Å². The molecule has 1 unspecified atom stereocenters. The molecule has 0 aliphatic carbocycles. The number of carbonyl (C=O) groups excluding carboxylic acids is 2. The highest BCUT2D eigenvalue weighted by atomic mass is 16.5. The Hall–Kier alpha value is -1.14. The van der Waals surface area contributed by atoms with Crippen molar-refractivity contribution < 1.29 is 14.3 Å². The molecule has 0 spiro atoms. The SMILES string of the molecule is NCC(=O)N1CCCC1OCC(N)=O. The number of primary amides is 1. The molecule has 1 rings (SSSR count). The van der Waals surface area contributed by atoms with Crippen molar-refractivity contribution in [2.45, 2.75) is 19.1 Å². The smallest absolute Gasteiger partial charge is 0.243 e. The van der Waals surface area contributed by atoms with E-state index in [0.29, 0.717) is 6.54 Å². The van der Waals surface area contributed by atoms with Crippen LogP contribution < -0.4 is 11.5 Å².